The fourth-order valence-electron chi connectivity index (χ4n) is 3.76. The highest BCUT2D eigenvalue weighted by Gasteiger charge is 2.23. The van der Waals surface area contributed by atoms with Gasteiger partial charge in [0, 0.05) is 40.9 Å². The van der Waals surface area contributed by atoms with Gasteiger partial charge < -0.3 is 10.1 Å². The van der Waals surface area contributed by atoms with Crippen molar-refractivity contribution < 1.29 is 9.53 Å². The monoisotopic (exact) mass is 423 g/mol. The molecule has 1 aromatic carbocycles. The molecule has 1 aliphatic heterocycles. The molecule has 1 fully saturated rings. The second-order valence-corrected chi connectivity index (χ2v) is 7.92. The summed E-state index contributed by atoms with van der Waals surface area (Å²) in [6.07, 6.45) is 3.93. The van der Waals surface area contributed by atoms with E-state index in [1.54, 1.807) is 6.07 Å². The summed E-state index contributed by atoms with van der Waals surface area (Å²) in [7, 11) is 0. The Morgan fingerprint density at radius 1 is 1.25 bits per heavy atom. The van der Waals surface area contributed by atoms with Crippen molar-refractivity contribution in [2.45, 2.75) is 58.6 Å². The van der Waals surface area contributed by atoms with E-state index in [4.69, 9.17) is 33.0 Å². The van der Waals surface area contributed by atoms with Crippen molar-refractivity contribution in [2.75, 3.05) is 13.2 Å². The standard InChI is InChI=1S/C21H27Cl2N3O2/c1-3-18-17(12-14-10-15(22)13-16(23)11-14)19(4-2)26(25-18)8-7-24-21(27)20-6-5-9-28-20/h10-11,13,20H,3-9,12H2,1-2H3,(H,24,27). The van der Waals surface area contributed by atoms with Gasteiger partial charge in [0.2, 0.25) is 5.91 Å². The largest absolute Gasteiger partial charge is 0.368 e. The van der Waals surface area contributed by atoms with E-state index in [0.717, 1.165) is 43.4 Å². The highest BCUT2D eigenvalue weighted by molar-refractivity contribution is 6.34. The highest BCUT2D eigenvalue weighted by atomic mass is 35.5. The Bertz CT molecular complexity index is 809. The fourth-order valence-corrected chi connectivity index (χ4v) is 4.33. The number of aromatic nitrogens is 2. The SMILES string of the molecule is CCc1nn(CCNC(=O)C2CCCO2)c(CC)c1Cc1cc(Cl)cc(Cl)c1. The van der Waals surface area contributed by atoms with E-state index in [9.17, 15) is 4.79 Å². The van der Waals surface area contributed by atoms with Crippen LogP contribution in [0.5, 0.6) is 0 Å². The number of nitrogens with one attached hydrogen (secondary N) is 1. The molecule has 1 N–H and O–H groups in total. The van der Waals surface area contributed by atoms with E-state index < -0.39 is 0 Å². The summed E-state index contributed by atoms with van der Waals surface area (Å²) >= 11 is 12.3. The summed E-state index contributed by atoms with van der Waals surface area (Å²) < 4.78 is 7.46. The van der Waals surface area contributed by atoms with Crippen LogP contribution in [0.15, 0.2) is 18.2 Å². The van der Waals surface area contributed by atoms with Crippen molar-refractivity contribution in [3.8, 4) is 0 Å². The fraction of sp³-hybridized carbons (Fsp3) is 0.524. The number of nitrogens with zero attached hydrogens (tertiary/aromatic N) is 2. The zero-order valence-corrected chi connectivity index (χ0v) is 17.9. The average molecular weight is 424 g/mol. The summed E-state index contributed by atoms with van der Waals surface area (Å²) in [5.41, 5.74) is 4.58. The van der Waals surface area contributed by atoms with E-state index in [1.165, 1.54) is 11.3 Å². The van der Waals surface area contributed by atoms with Gasteiger partial charge >= 0.3 is 0 Å². The molecular weight excluding hydrogens is 397 g/mol. The van der Waals surface area contributed by atoms with Crippen molar-refractivity contribution in [1.29, 1.82) is 0 Å². The number of carbonyl (C=O) groups excluding carboxylic acids is 1. The van der Waals surface area contributed by atoms with Crippen LogP contribution >= 0.6 is 23.2 Å². The van der Waals surface area contributed by atoms with Crippen LogP contribution in [-0.2, 0) is 35.3 Å². The third-order valence-electron chi connectivity index (χ3n) is 5.07. The Morgan fingerprint density at radius 2 is 2.00 bits per heavy atom. The molecular formula is C21H27Cl2N3O2. The molecule has 0 radical (unpaired) electrons. The predicted octanol–water partition coefficient (Wildman–Crippen LogP) is 4.20. The van der Waals surface area contributed by atoms with Gasteiger partial charge in [-0.15, -0.1) is 0 Å². The molecule has 1 aromatic heterocycles. The van der Waals surface area contributed by atoms with Gasteiger partial charge in [-0.3, -0.25) is 9.48 Å². The Labute approximate surface area is 176 Å². The Hall–Kier alpha value is -1.56. The van der Waals surface area contributed by atoms with Gasteiger partial charge in [0.05, 0.1) is 12.2 Å². The predicted molar refractivity (Wildman–Crippen MR) is 112 cm³/mol. The number of rotatable bonds is 8. The molecule has 0 aliphatic carbocycles. The molecule has 1 aliphatic rings. The summed E-state index contributed by atoms with van der Waals surface area (Å²) in [6.45, 7) is 6.10. The van der Waals surface area contributed by atoms with Gasteiger partial charge in [-0.1, -0.05) is 37.0 Å². The zero-order valence-electron chi connectivity index (χ0n) is 16.4. The van der Waals surface area contributed by atoms with Gasteiger partial charge in [-0.2, -0.15) is 5.10 Å². The van der Waals surface area contributed by atoms with Gasteiger partial charge in [-0.25, -0.2) is 0 Å². The minimum Gasteiger partial charge on any atom is -0.368 e. The van der Waals surface area contributed by atoms with Crippen LogP contribution in [0.2, 0.25) is 10.0 Å². The molecule has 1 amide bonds. The molecule has 2 heterocycles. The van der Waals surface area contributed by atoms with Crippen molar-refractivity contribution in [2.24, 2.45) is 0 Å². The second kappa shape index (κ2) is 9.77. The average Bonchev–Trinajstić information content (AvgIpc) is 3.29. The number of hydrogen-bond donors (Lipinski definition) is 1. The van der Waals surface area contributed by atoms with Crippen LogP contribution < -0.4 is 5.32 Å². The lowest BCUT2D eigenvalue weighted by atomic mass is 10.0. The van der Waals surface area contributed by atoms with E-state index in [1.807, 2.05) is 16.8 Å². The van der Waals surface area contributed by atoms with Crippen LogP contribution in [0.3, 0.4) is 0 Å². The minimum absolute atomic E-state index is 0.0211. The molecule has 0 saturated carbocycles. The van der Waals surface area contributed by atoms with Gasteiger partial charge in [0.25, 0.3) is 0 Å². The van der Waals surface area contributed by atoms with Crippen LogP contribution in [-0.4, -0.2) is 34.9 Å². The Kier molecular flexibility index (Phi) is 7.38. The third-order valence-corrected chi connectivity index (χ3v) is 5.50. The molecule has 3 rings (SSSR count). The lowest BCUT2D eigenvalue weighted by Gasteiger charge is -2.12. The summed E-state index contributed by atoms with van der Waals surface area (Å²) in [6, 6.07) is 5.64. The number of hydrogen-bond acceptors (Lipinski definition) is 3. The first-order chi connectivity index (χ1) is 13.5. The second-order valence-electron chi connectivity index (χ2n) is 7.05. The Morgan fingerprint density at radius 3 is 2.61 bits per heavy atom. The van der Waals surface area contributed by atoms with Gasteiger partial charge in [0.1, 0.15) is 6.10 Å². The van der Waals surface area contributed by atoms with Crippen molar-refractivity contribution >= 4 is 29.1 Å². The molecule has 5 nitrogen and oxygen atoms in total. The molecule has 1 atom stereocenters. The van der Waals surface area contributed by atoms with E-state index in [0.29, 0.717) is 29.7 Å². The van der Waals surface area contributed by atoms with Crippen molar-refractivity contribution in [1.82, 2.24) is 15.1 Å². The van der Waals surface area contributed by atoms with Crippen LogP contribution in [0, 0.1) is 0 Å². The molecule has 1 saturated heterocycles. The number of amides is 1. The maximum Gasteiger partial charge on any atom is 0.249 e. The zero-order chi connectivity index (χ0) is 20.1. The van der Waals surface area contributed by atoms with Crippen LogP contribution in [0.1, 0.15) is 49.2 Å². The van der Waals surface area contributed by atoms with Crippen LogP contribution in [0.4, 0.5) is 0 Å². The minimum atomic E-state index is -0.294. The molecule has 7 heteroatoms. The number of aryl methyl sites for hydroxylation is 1. The molecule has 28 heavy (non-hydrogen) atoms. The smallest absolute Gasteiger partial charge is 0.249 e. The summed E-state index contributed by atoms with van der Waals surface area (Å²) in [4.78, 5) is 12.1. The van der Waals surface area contributed by atoms with E-state index in [-0.39, 0.29) is 12.0 Å². The molecule has 0 spiro atoms. The molecule has 152 valence electrons. The number of ether oxygens (including phenoxy) is 1. The summed E-state index contributed by atoms with van der Waals surface area (Å²) in [5, 5.41) is 9.06. The van der Waals surface area contributed by atoms with Crippen molar-refractivity contribution in [3.05, 3.63) is 50.8 Å². The lowest BCUT2D eigenvalue weighted by molar-refractivity contribution is -0.130. The first-order valence-electron chi connectivity index (χ1n) is 9.93. The quantitative estimate of drug-likeness (QED) is 0.691. The number of halogens is 2. The lowest BCUT2D eigenvalue weighted by Crippen LogP contribution is -2.36. The van der Waals surface area contributed by atoms with E-state index in [2.05, 4.69) is 19.2 Å². The number of carbonyl (C=O) groups is 1. The summed E-state index contributed by atoms with van der Waals surface area (Å²) in [5.74, 6) is -0.0211. The molecule has 2 aromatic rings. The van der Waals surface area contributed by atoms with E-state index >= 15 is 0 Å². The topological polar surface area (TPSA) is 56.2 Å². The first-order valence-corrected chi connectivity index (χ1v) is 10.7. The molecule has 0 bridgehead atoms. The molecule has 1 unspecified atom stereocenters. The Balaban J connectivity index is 1.72. The van der Waals surface area contributed by atoms with Gasteiger partial charge in [-0.05, 0) is 49.4 Å². The van der Waals surface area contributed by atoms with Gasteiger partial charge in [0.15, 0.2) is 0 Å². The maximum atomic E-state index is 12.1. The third kappa shape index (κ3) is 5.07. The highest BCUT2D eigenvalue weighted by Crippen LogP contribution is 2.25. The van der Waals surface area contributed by atoms with Crippen LogP contribution in [0.25, 0.3) is 0 Å². The first kappa shape index (κ1) is 21.2. The van der Waals surface area contributed by atoms with Crippen molar-refractivity contribution in [3.63, 3.8) is 0 Å². The normalized spacial score (nSPS) is 16.5. The number of benzene rings is 1. The maximum absolute atomic E-state index is 12.1.